The van der Waals surface area contributed by atoms with E-state index in [1.165, 1.54) is 25.7 Å². The number of hydrogen-bond donors (Lipinski definition) is 2. The van der Waals surface area contributed by atoms with E-state index in [0.717, 1.165) is 25.1 Å². The van der Waals surface area contributed by atoms with Crippen molar-refractivity contribution in [2.45, 2.75) is 58.8 Å². The number of nitrogens with two attached hydrogens (primary N) is 1. The summed E-state index contributed by atoms with van der Waals surface area (Å²) in [5.74, 6) is 0.779. The molecule has 0 unspecified atom stereocenters. The molecule has 0 radical (unpaired) electrons. The molecule has 0 amide bonds. The van der Waals surface area contributed by atoms with E-state index in [1.54, 1.807) is 0 Å². The fourth-order valence-electron chi connectivity index (χ4n) is 1.27. The van der Waals surface area contributed by atoms with Crippen molar-refractivity contribution in [2.24, 2.45) is 5.73 Å². The molecule has 0 heterocycles. The molecule has 0 saturated heterocycles. The summed E-state index contributed by atoms with van der Waals surface area (Å²) in [5, 5.41) is 0.664. The van der Waals surface area contributed by atoms with Crippen molar-refractivity contribution < 1.29 is 17.4 Å². The van der Waals surface area contributed by atoms with Crippen LogP contribution < -0.4 is 23.1 Å². The first-order valence-electron chi connectivity index (χ1n) is 5.94. The van der Waals surface area contributed by atoms with Gasteiger partial charge in [0.25, 0.3) is 0 Å². The summed E-state index contributed by atoms with van der Waals surface area (Å²) in [6.45, 7) is 4.35. The Bertz CT molecular complexity index is 213. The second-order valence-electron chi connectivity index (χ2n) is 3.80. The fourth-order valence-corrected chi connectivity index (χ4v) is 1.50. The maximum absolute atomic E-state index is 5.97. The first-order valence-corrected chi connectivity index (χ1v) is 6.32. The Balaban J connectivity index is 0. The van der Waals surface area contributed by atoms with Crippen molar-refractivity contribution in [2.75, 3.05) is 0 Å². The molecule has 0 aliphatic carbocycles. The van der Waals surface area contributed by atoms with Gasteiger partial charge in [-0.2, -0.15) is 0 Å². The van der Waals surface area contributed by atoms with Gasteiger partial charge in [-0.1, -0.05) is 33.1 Å². The van der Waals surface area contributed by atoms with E-state index in [4.69, 9.17) is 17.3 Å². The molecular weight excluding hydrogens is 243 g/mol. The molecule has 0 saturated carbocycles. The highest BCUT2D eigenvalue weighted by atomic mass is 35.5. The molecule has 0 aliphatic rings. The standard InChI is InChI=1S/C12H23ClN2.ClH/c1-3-5-7-9-11(13)15-12(14)10-8-6-4-2;/h9H,3-8,10H2,1-2H3,(H2,14,15);1H/b11-9-;. The molecule has 0 fully saturated rings. The van der Waals surface area contributed by atoms with E-state index in [0.29, 0.717) is 5.16 Å². The molecule has 4 heteroatoms. The third-order valence-electron chi connectivity index (χ3n) is 2.21. The summed E-state index contributed by atoms with van der Waals surface area (Å²) in [5.41, 5.74) is 5.80. The average molecular weight is 267 g/mol. The van der Waals surface area contributed by atoms with Crippen LogP contribution in [0.3, 0.4) is 0 Å². The second kappa shape index (κ2) is 12.9. The van der Waals surface area contributed by atoms with Crippen molar-refractivity contribution in [3.63, 3.8) is 0 Å². The van der Waals surface area contributed by atoms with Crippen molar-refractivity contribution in [1.82, 2.24) is 0 Å². The van der Waals surface area contributed by atoms with Crippen molar-refractivity contribution in [3.8, 4) is 0 Å². The van der Waals surface area contributed by atoms with Gasteiger partial charge in [-0.3, -0.25) is 5.73 Å². The third-order valence-corrected chi connectivity index (χ3v) is 2.46. The lowest BCUT2D eigenvalue weighted by Gasteiger charge is -1.95. The average Bonchev–Trinajstić information content (AvgIpc) is 2.18. The van der Waals surface area contributed by atoms with Crippen LogP contribution in [-0.2, 0) is 0 Å². The molecule has 0 aromatic heterocycles. The quantitative estimate of drug-likeness (QED) is 0.259. The molecule has 16 heavy (non-hydrogen) atoms. The highest BCUT2D eigenvalue weighted by molar-refractivity contribution is 6.27. The molecule has 0 atom stereocenters. The second-order valence-corrected chi connectivity index (χ2v) is 4.21. The lowest BCUT2D eigenvalue weighted by Crippen LogP contribution is -3.00. The highest BCUT2D eigenvalue weighted by Gasteiger charge is 1.99. The monoisotopic (exact) mass is 266 g/mol. The van der Waals surface area contributed by atoms with Crippen molar-refractivity contribution >= 4 is 17.4 Å². The highest BCUT2D eigenvalue weighted by Crippen LogP contribution is 1.99. The van der Waals surface area contributed by atoms with Gasteiger partial charge in [0, 0.05) is 6.42 Å². The SMILES string of the molecule is CCCC/C=C(Cl)\[NH+]=C(\N)CCCCC.[Cl-]. The minimum absolute atomic E-state index is 0. The molecule has 3 N–H and O–H groups in total. The van der Waals surface area contributed by atoms with E-state index >= 15 is 0 Å². The zero-order valence-electron chi connectivity index (χ0n) is 10.4. The minimum Gasteiger partial charge on any atom is -1.00 e. The van der Waals surface area contributed by atoms with Crippen LogP contribution in [0.15, 0.2) is 11.2 Å². The van der Waals surface area contributed by atoms with Crippen molar-refractivity contribution in [1.29, 1.82) is 0 Å². The van der Waals surface area contributed by atoms with Gasteiger partial charge in [0.15, 0.2) is 5.16 Å². The first kappa shape index (κ1) is 18.2. The van der Waals surface area contributed by atoms with Crippen LogP contribution in [0.25, 0.3) is 0 Å². The lowest BCUT2D eigenvalue weighted by molar-refractivity contribution is -0.386. The summed E-state index contributed by atoms with van der Waals surface area (Å²) in [6.07, 6.45) is 9.86. The summed E-state index contributed by atoms with van der Waals surface area (Å²) in [6, 6.07) is 0. The van der Waals surface area contributed by atoms with E-state index in [9.17, 15) is 0 Å². The summed E-state index contributed by atoms with van der Waals surface area (Å²) >= 11 is 5.97. The zero-order valence-corrected chi connectivity index (χ0v) is 11.9. The van der Waals surface area contributed by atoms with Gasteiger partial charge >= 0.3 is 0 Å². The minimum atomic E-state index is 0. The largest absolute Gasteiger partial charge is 1.00 e. The molecule has 0 aromatic rings. The maximum atomic E-state index is 5.97. The molecule has 96 valence electrons. The topological polar surface area (TPSA) is 40.0 Å². The molecule has 0 aliphatic heterocycles. The Labute approximate surface area is 111 Å². The Morgan fingerprint density at radius 1 is 1.19 bits per heavy atom. The van der Waals surface area contributed by atoms with Crippen LogP contribution in [0.5, 0.6) is 0 Å². The number of nitrogens with one attached hydrogen (secondary N) is 1. The normalized spacial score (nSPS) is 12.4. The van der Waals surface area contributed by atoms with Gasteiger partial charge < -0.3 is 12.4 Å². The van der Waals surface area contributed by atoms with Crippen LogP contribution in [0.4, 0.5) is 0 Å². The van der Waals surface area contributed by atoms with Crippen LogP contribution in [-0.4, -0.2) is 5.84 Å². The summed E-state index contributed by atoms with van der Waals surface area (Å²) in [4.78, 5) is 3.02. The van der Waals surface area contributed by atoms with Gasteiger partial charge in [0.05, 0.1) is 0 Å². The molecule has 0 rings (SSSR count). The van der Waals surface area contributed by atoms with Crippen LogP contribution in [0.2, 0.25) is 0 Å². The van der Waals surface area contributed by atoms with Crippen LogP contribution >= 0.6 is 11.6 Å². The number of allylic oxidation sites excluding steroid dienone is 1. The predicted octanol–water partition coefficient (Wildman–Crippen LogP) is -0.721. The lowest BCUT2D eigenvalue weighted by atomic mass is 10.2. The first-order chi connectivity index (χ1) is 7.20. The van der Waals surface area contributed by atoms with Gasteiger partial charge in [0.2, 0.25) is 5.84 Å². The Morgan fingerprint density at radius 2 is 1.81 bits per heavy atom. The van der Waals surface area contributed by atoms with Crippen LogP contribution in [0, 0.1) is 0 Å². The fraction of sp³-hybridized carbons (Fsp3) is 0.750. The molecule has 0 aromatic carbocycles. The Morgan fingerprint density at radius 3 is 2.38 bits per heavy atom. The molecular formula is C12H24Cl2N2. The Kier molecular flexibility index (Phi) is 14.6. The van der Waals surface area contributed by atoms with Crippen LogP contribution in [0.1, 0.15) is 58.8 Å². The molecule has 0 bridgehead atoms. The van der Waals surface area contributed by atoms with E-state index in [-0.39, 0.29) is 12.4 Å². The molecule has 0 spiro atoms. The van der Waals surface area contributed by atoms with Gasteiger partial charge in [-0.15, -0.1) is 0 Å². The molecule has 2 nitrogen and oxygen atoms in total. The van der Waals surface area contributed by atoms with Gasteiger partial charge in [0.1, 0.15) is 0 Å². The van der Waals surface area contributed by atoms with Gasteiger partial charge in [-0.25, -0.2) is 4.99 Å². The number of halogens is 2. The van der Waals surface area contributed by atoms with Gasteiger partial charge in [-0.05, 0) is 36.9 Å². The van der Waals surface area contributed by atoms with E-state index < -0.39 is 0 Å². The van der Waals surface area contributed by atoms with E-state index in [2.05, 4.69) is 18.8 Å². The third kappa shape index (κ3) is 11.9. The summed E-state index contributed by atoms with van der Waals surface area (Å²) < 4.78 is 0. The number of hydrogen-bond acceptors (Lipinski definition) is 0. The maximum Gasteiger partial charge on any atom is 0.246 e. The number of amidine groups is 1. The number of unbranched alkanes of at least 4 members (excludes halogenated alkanes) is 4. The Hall–Kier alpha value is -0.210. The van der Waals surface area contributed by atoms with Crippen molar-refractivity contribution in [3.05, 3.63) is 11.2 Å². The predicted molar refractivity (Wildman–Crippen MR) is 67.8 cm³/mol. The summed E-state index contributed by atoms with van der Waals surface area (Å²) in [7, 11) is 0. The van der Waals surface area contributed by atoms with E-state index in [1.807, 2.05) is 6.08 Å². The smallest absolute Gasteiger partial charge is 0.246 e. The zero-order chi connectivity index (χ0) is 11.5. The number of rotatable bonds is 8.